The molecular formula is C27H34N6O3. The monoisotopic (exact) mass is 490 g/mol. The molecule has 36 heavy (non-hydrogen) atoms. The van der Waals surface area contributed by atoms with E-state index in [9.17, 15) is 4.79 Å². The Morgan fingerprint density at radius 3 is 2.78 bits per heavy atom. The first kappa shape index (κ1) is 24.4. The second-order valence-electron chi connectivity index (χ2n) is 10.2. The molecule has 1 N–H and O–H groups in total. The molecule has 1 aliphatic heterocycles. The molecule has 190 valence electrons. The maximum absolute atomic E-state index is 13.2. The van der Waals surface area contributed by atoms with Gasteiger partial charge in [-0.2, -0.15) is 0 Å². The van der Waals surface area contributed by atoms with Gasteiger partial charge in [-0.3, -0.25) is 9.69 Å². The number of aromatic nitrogens is 5. The molecule has 0 unspecified atom stereocenters. The molecule has 0 radical (unpaired) electrons. The molecule has 3 aromatic heterocycles. The number of pyridine rings is 1. The summed E-state index contributed by atoms with van der Waals surface area (Å²) in [6.45, 7) is 10.9. The van der Waals surface area contributed by atoms with E-state index >= 15 is 0 Å². The third-order valence-corrected chi connectivity index (χ3v) is 7.11. The third kappa shape index (κ3) is 5.12. The van der Waals surface area contributed by atoms with Gasteiger partial charge in [-0.05, 0) is 89.9 Å². The lowest BCUT2D eigenvalue weighted by molar-refractivity contribution is 0.0384. The average molecular weight is 491 g/mol. The van der Waals surface area contributed by atoms with Crippen LogP contribution in [0.5, 0.6) is 0 Å². The van der Waals surface area contributed by atoms with Gasteiger partial charge in [-0.1, -0.05) is 13.8 Å². The van der Waals surface area contributed by atoms with E-state index in [1.54, 1.807) is 10.9 Å². The number of fused-ring (bicyclic) bond motifs is 1. The van der Waals surface area contributed by atoms with Crippen LogP contribution in [0.2, 0.25) is 0 Å². The molecule has 0 bridgehead atoms. The summed E-state index contributed by atoms with van der Waals surface area (Å²) in [6.07, 6.45) is 3.82. The fraction of sp³-hybridized carbons (Fsp3) is 0.481. The Hall–Kier alpha value is -3.30. The highest BCUT2D eigenvalue weighted by molar-refractivity contribution is 5.80. The molecule has 1 saturated heterocycles. The molecule has 4 heterocycles. The summed E-state index contributed by atoms with van der Waals surface area (Å²) in [7, 11) is 0. The molecule has 1 fully saturated rings. The zero-order valence-electron chi connectivity index (χ0n) is 21.4. The van der Waals surface area contributed by atoms with Crippen LogP contribution in [0, 0.1) is 19.8 Å². The van der Waals surface area contributed by atoms with E-state index in [0.717, 1.165) is 53.1 Å². The quantitative estimate of drug-likeness (QED) is 0.376. The van der Waals surface area contributed by atoms with Crippen LogP contribution in [0.3, 0.4) is 0 Å². The number of nitrogens with one attached hydrogen (secondary N) is 1. The average Bonchev–Trinajstić information content (AvgIpc) is 3.61. The SMILES string of the molecule is Cc1cc2cc(CN(C[C@H]3CCCO3)[C@@H](c3nnnn3Cc3ccco3)C(C)C)c(=O)[nH]c2cc1C. The predicted molar refractivity (Wildman–Crippen MR) is 137 cm³/mol. The Kier molecular flexibility index (Phi) is 7.02. The van der Waals surface area contributed by atoms with E-state index in [2.05, 4.69) is 59.2 Å². The van der Waals surface area contributed by atoms with Crippen molar-refractivity contribution in [3.05, 3.63) is 75.2 Å². The van der Waals surface area contributed by atoms with Crippen LogP contribution in [-0.2, 0) is 17.8 Å². The van der Waals surface area contributed by atoms with Crippen LogP contribution < -0.4 is 5.56 Å². The molecule has 5 rings (SSSR count). The molecule has 4 aromatic rings. The number of aromatic amines is 1. The van der Waals surface area contributed by atoms with E-state index in [-0.39, 0.29) is 23.6 Å². The molecule has 9 nitrogen and oxygen atoms in total. The number of aryl methyl sites for hydroxylation is 2. The van der Waals surface area contributed by atoms with Crippen molar-refractivity contribution in [1.29, 1.82) is 0 Å². The summed E-state index contributed by atoms with van der Waals surface area (Å²) in [5, 5.41) is 13.7. The van der Waals surface area contributed by atoms with Crippen LogP contribution in [0.25, 0.3) is 10.9 Å². The first-order valence-corrected chi connectivity index (χ1v) is 12.7. The summed E-state index contributed by atoms with van der Waals surface area (Å²) >= 11 is 0. The van der Waals surface area contributed by atoms with Crippen LogP contribution in [-0.4, -0.2) is 49.3 Å². The Morgan fingerprint density at radius 1 is 1.22 bits per heavy atom. The van der Waals surface area contributed by atoms with Gasteiger partial charge in [0.25, 0.3) is 5.56 Å². The van der Waals surface area contributed by atoms with Gasteiger partial charge in [0.15, 0.2) is 5.82 Å². The summed E-state index contributed by atoms with van der Waals surface area (Å²) in [6, 6.07) is 9.86. The molecule has 1 aromatic carbocycles. The van der Waals surface area contributed by atoms with Crippen LogP contribution in [0.1, 0.15) is 61.0 Å². The molecule has 0 saturated carbocycles. The van der Waals surface area contributed by atoms with E-state index in [1.807, 2.05) is 24.3 Å². The fourth-order valence-corrected chi connectivity index (χ4v) is 5.15. The van der Waals surface area contributed by atoms with E-state index in [1.165, 1.54) is 5.56 Å². The third-order valence-electron chi connectivity index (χ3n) is 7.11. The van der Waals surface area contributed by atoms with Gasteiger partial charge in [0, 0.05) is 30.8 Å². The van der Waals surface area contributed by atoms with Gasteiger partial charge in [0.1, 0.15) is 12.3 Å². The van der Waals surface area contributed by atoms with Crippen molar-refractivity contribution >= 4 is 10.9 Å². The van der Waals surface area contributed by atoms with Crippen molar-refractivity contribution in [3.63, 3.8) is 0 Å². The van der Waals surface area contributed by atoms with Gasteiger partial charge in [0.05, 0.1) is 18.4 Å². The van der Waals surface area contributed by atoms with Crippen molar-refractivity contribution in [2.75, 3.05) is 13.2 Å². The van der Waals surface area contributed by atoms with Gasteiger partial charge in [0.2, 0.25) is 0 Å². The summed E-state index contributed by atoms with van der Waals surface area (Å²) in [4.78, 5) is 18.6. The number of rotatable bonds is 9. The number of benzene rings is 1. The highest BCUT2D eigenvalue weighted by Gasteiger charge is 2.32. The Morgan fingerprint density at radius 2 is 2.06 bits per heavy atom. The molecule has 2 atom stereocenters. The second kappa shape index (κ2) is 10.4. The maximum atomic E-state index is 13.2. The zero-order chi connectivity index (χ0) is 25.2. The number of tetrazole rings is 1. The number of H-pyrrole nitrogens is 1. The predicted octanol–water partition coefficient (Wildman–Crippen LogP) is 4.15. The van der Waals surface area contributed by atoms with Crippen LogP contribution >= 0.6 is 0 Å². The topological polar surface area (TPSA) is 102 Å². The van der Waals surface area contributed by atoms with Gasteiger partial charge in [-0.15, -0.1) is 5.10 Å². The van der Waals surface area contributed by atoms with Crippen molar-refractivity contribution in [2.45, 2.75) is 65.8 Å². The van der Waals surface area contributed by atoms with E-state index < -0.39 is 0 Å². The van der Waals surface area contributed by atoms with Crippen molar-refractivity contribution < 1.29 is 9.15 Å². The first-order valence-electron chi connectivity index (χ1n) is 12.7. The minimum atomic E-state index is -0.117. The molecule has 0 amide bonds. The number of furan rings is 1. The highest BCUT2D eigenvalue weighted by atomic mass is 16.5. The Balaban J connectivity index is 1.52. The second-order valence-corrected chi connectivity index (χ2v) is 10.2. The summed E-state index contributed by atoms with van der Waals surface area (Å²) in [5.41, 5.74) is 3.88. The number of hydrogen-bond donors (Lipinski definition) is 1. The standard InChI is InChI=1S/C27H34N6O3/c1-17(2)25(26-29-30-31-33(26)16-23-8-6-10-36-23)32(15-22-7-5-9-35-22)14-21-13-20-11-18(3)19(4)12-24(20)28-27(21)34/h6,8,10-13,17,22,25H,5,7,9,14-16H2,1-4H3,(H,28,34)/t22-,25-/m1/s1. The molecule has 1 aliphatic rings. The fourth-order valence-electron chi connectivity index (χ4n) is 5.15. The number of ether oxygens (including phenoxy) is 1. The molecule has 0 spiro atoms. The lowest BCUT2D eigenvalue weighted by Crippen LogP contribution is -2.40. The number of hydrogen-bond acceptors (Lipinski definition) is 7. The molecule has 9 heteroatoms. The summed E-state index contributed by atoms with van der Waals surface area (Å²) in [5.74, 6) is 1.73. The van der Waals surface area contributed by atoms with Gasteiger partial charge >= 0.3 is 0 Å². The van der Waals surface area contributed by atoms with Crippen LogP contribution in [0.15, 0.2) is 45.8 Å². The van der Waals surface area contributed by atoms with E-state index in [4.69, 9.17) is 9.15 Å². The van der Waals surface area contributed by atoms with E-state index in [0.29, 0.717) is 19.6 Å². The maximum Gasteiger partial charge on any atom is 0.252 e. The van der Waals surface area contributed by atoms with Crippen molar-refractivity contribution in [1.82, 2.24) is 30.1 Å². The first-order chi connectivity index (χ1) is 17.4. The highest BCUT2D eigenvalue weighted by Crippen LogP contribution is 2.30. The van der Waals surface area contributed by atoms with Crippen LogP contribution in [0.4, 0.5) is 0 Å². The summed E-state index contributed by atoms with van der Waals surface area (Å²) < 4.78 is 13.4. The lowest BCUT2D eigenvalue weighted by atomic mass is 9.99. The zero-order valence-corrected chi connectivity index (χ0v) is 21.4. The Bertz CT molecular complexity index is 1370. The Labute approximate surface area is 210 Å². The molecule has 0 aliphatic carbocycles. The smallest absolute Gasteiger partial charge is 0.252 e. The molecular weight excluding hydrogens is 456 g/mol. The van der Waals surface area contributed by atoms with Crippen molar-refractivity contribution in [3.8, 4) is 0 Å². The normalized spacial score (nSPS) is 17.0. The van der Waals surface area contributed by atoms with Gasteiger partial charge in [-0.25, -0.2) is 4.68 Å². The van der Waals surface area contributed by atoms with Gasteiger partial charge < -0.3 is 14.1 Å². The minimum Gasteiger partial charge on any atom is -0.467 e. The minimum absolute atomic E-state index is 0.0687. The van der Waals surface area contributed by atoms with Crippen molar-refractivity contribution in [2.24, 2.45) is 5.92 Å². The largest absolute Gasteiger partial charge is 0.467 e. The number of nitrogens with zero attached hydrogens (tertiary/aromatic N) is 5. The lowest BCUT2D eigenvalue weighted by Gasteiger charge is -2.35.